The molecule has 1 unspecified atom stereocenters. The summed E-state index contributed by atoms with van der Waals surface area (Å²) in [6, 6.07) is 0. The van der Waals surface area contributed by atoms with Crippen molar-refractivity contribution < 1.29 is 0 Å². The third kappa shape index (κ3) is 2.88. The Morgan fingerprint density at radius 2 is 2.18 bits per heavy atom. The lowest BCUT2D eigenvalue weighted by molar-refractivity contribution is 0.438. The average molecular weight is 320 g/mol. The predicted octanol–water partition coefficient (Wildman–Crippen LogP) is 4.93. The van der Waals surface area contributed by atoms with Crippen LogP contribution in [0.5, 0.6) is 0 Å². The third-order valence-corrected chi connectivity index (χ3v) is 5.34. The first kappa shape index (κ1) is 15.8. The van der Waals surface area contributed by atoms with Gasteiger partial charge in [0.2, 0.25) is 0 Å². The summed E-state index contributed by atoms with van der Waals surface area (Å²) in [6.45, 7) is 7.36. The van der Waals surface area contributed by atoms with Gasteiger partial charge in [-0.1, -0.05) is 37.1 Å². The molecular weight excluding hydrogens is 294 g/mol. The molecule has 0 amide bonds. The molecule has 0 spiro atoms. The van der Waals surface area contributed by atoms with Gasteiger partial charge in [0, 0.05) is 23.4 Å². The van der Waals surface area contributed by atoms with Crippen LogP contribution in [0.15, 0.2) is 24.3 Å². The molecule has 0 N–H and O–H groups in total. The molecule has 1 aromatic heterocycles. The number of unbranched alkanes of at least 4 members (excludes halogenated alkanes) is 1. The predicted molar refractivity (Wildman–Crippen MR) is 91.1 cm³/mol. The van der Waals surface area contributed by atoms with Crippen LogP contribution in [-0.2, 0) is 12.0 Å². The molecule has 1 aromatic rings. The Kier molecular flexibility index (Phi) is 4.72. The summed E-state index contributed by atoms with van der Waals surface area (Å²) in [5.74, 6) is 3.49. The summed E-state index contributed by atoms with van der Waals surface area (Å²) < 4.78 is 2.44. The molecule has 1 atom stereocenters. The summed E-state index contributed by atoms with van der Waals surface area (Å²) >= 11 is 5.72. The van der Waals surface area contributed by atoms with Crippen LogP contribution in [0, 0.1) is 5.92 Å². The number of hydrogen-bond donors (Lipinski definition) is 0. The molecule has 120 valence electrons. The van der Waals surface area contributed by atoms with E-state index in [4.69, 9.17) is 11.6 Å². The Labute approximate surface area is 138 Å². The van der Waals surface area contributed by atoms with E-state index in [2.05, 4.69) is 34.3 Å². The largest absolute Gasteiger partial charge is 0.314 e. The first-order valence-electron chi connectivity index (χ1n) is 8.58. The number of halogens is 1. The highest BCUT2D eigenvalue weighted by atomic mass is 35.5. The van der Waals surface area contributed by atoms with E-state index >= 15 is 0 Å². The summed E-state index contributed by atoms with van der Waals surface area (Å²) in [6.07, 6.45) is 12.4. The Hall–Kier alpha value is -1.09. The van der Waals surface area contributed by atoms with E-state index in [9.17, 15) is 0 Å². The van der Waals surface area contributed by atoms with Crippen LogP contribution in [0.4, 0.5) is 0 Å². The van der Waals surface area contributed by atoms with Gasteiger partial charge < -0.3 is 4.57 Å². The molecule has 2 fully saturated rings. The zero-order valence-corrected chi connectivity index (χ0v) is 14.2. The minimum Gasteiger partial charge on any atom is -0.314 e. The van der Waals surface area contributed by atoms with Crippen molar-refractivity contribution in [3.63, 3.8) is 0 Å². The fourth-order valence-corrected chi connectivity index (χ4v) is 3.61. The molecule has 0 radical (unpaired) electrons. The van der Waals surface area contributed by atoms with Crippen molar-refractivity contribution in [1.29, 1.82) is 0 Å². The van der Waals surface area contributed by atoms with Gasteiger partial charge in [0.25, 0.3) is 0 Å². The van der Waals surface area contributed by atoms with Crippen LogP contribution in [0.1, 0.15) is 69.4 Å². The summed E-state index contributed by atoms with van der Waals surface area (Å²) in [4.78, 5) is 0. The summed E-state index contributed by atoms with van der Waals surface area (Å²) in [5, 5.41) is 9.22. The average Bonchev–Trinajstić information content (AvgIpc) is 3.46. The molecule has 2 aliphatic rings. The first-order valence-corrected chi connectivity index (χ1v) is 9.01. The van der Waals surface area contributed by atoms with E-state index in [1.165, 1.54) is 50.2 Å². The van der Waals surface area contributed by atoms with Gasteiger partial charge in [0.15, 0.2) is 0 Å². The molecule has 2 aliphatic carbocycles. The Morgan fingerprint density at radius 1 is 1.41 bits per heavy atom. The molecular formula is C18H26ClN3. The van der Waals surface area contributed by atoms with E-state index in [-0.39, 0.29) is 5.41 Å². The number of rotatable bonds is 9. The maximum atomic E-state index is 5.72. The fourth-order valence-electron chi connectivity index (χ4n) is 3.50. The van der Waals surface area contributed by atoms with Crippen LogP contribution in [0.25, 0.3) is 0 Å². The molecule has 0 bridgehead atoms. The molecule has 0 saturated heterocycles. The third-order valence-electron chi connectivity index (χ3n) is 5.16. The van der Waals surface area contributed by atoms with Crippen molar-refractivity contribution in [2.24, 2.45) is 5.92 Å². The van der Waals surface area contributed by atoms with Crippen LogP contribution in [0.3, 0.4) is 0 Å². The minimum absolute atomic E-state index is 0.145. The van der Waals surface area contributed by atoms with Gasteiger partial charge in [0.05, 0.1) is 0 Å². The Morgan fingerprint density at radius 3 is 2.73 bits per heavy atom. The second-order valence-electron chi connectivity index (χ2n) is 6.76. The van der Waals surface area contributed by atoms with E-state index in [1.54, 1.807) is 5.54 Å². The van der Waals surface area contributed by atoms with Gasteiger partial charge >= 0.3 is 0 Å². The quantitative estimate of drug-likeness (QED) is 0.604. The molecule has 0 aliphatic heterocycles. The van der Waals surface area contributed by atoms with Crippen molar-refractivity contribution in [1.82, 2.24) is 14.8 Å². The second kappa shape index (κ2) is 6.57. The maximum Gasteiger partial charge on any atom is 0.139 e. The molecule has 1 heterocycles. The second-order valence-corrected chi connectivity index (χ2v) is 7.01. The van der Waals surface area contributed by atoms with Gasteiger partial charge in [-0.25, -0.2) is 0 Å². The molecule has 3 nitrogen and oxygen atoms in total. The highest BCUT2D eigenvalue weighted by Crippen LogP contribution is 2.55. The smallest absolute Gasteiger partial charge is 0.139 e. The van der Waals surface area contributed by atoms with Crippen LogP contribution in [-0.4, -0.2) is 14.8 Å². The first-order chi connectivity index (χ1) is 10.8. The van der Waals surface area contributed by atoms with Gasteiger partial charge in [-0.05, 0) is 44.4 Å². The van der Waals surface area contributed by atoms with Gasteiger partial charge in [-0.15, -0.1) is 16.8 Å². The highest BCUT2D eigenvalue weighted by molar-refractivity contribution is 6.25. The zero-order valence-electron chi connectivity index (χ0n) is 13.5. The lowest BCUT2D eigenvalue weighted by atomic mass is 9.85. The number of nitrogens with zero attached hydrogens (tertiary/aromatic N) is 3. The maximum absolute atomic E-state index is 5.72. The van der Waals surface area contributed by atoms with E-state index in [0.717, 1.165) is 13.0 Å². The van der Waals surface area contributed by atoms with Crippen LogP contribution < -0.4 is 0 Å². The van der Waals surface area contributed by atoms with E-state index < -0.39 is 0 Å². The summed E-state index contributed by atoms with van der Waals surface area (Å²) in [7, 11) is 0. The number of allylic oxidation sites excluding steroid dienone is 2. The Bertz CT molecular complexity index is 553. The molecule has 3 rings (SSSR count). The lowest BCUT2D eigenvalue weighted by Crippen LogP contribution is -2.24. The van der Waals surface area contributed by atoms with Crippen molar-refractivity contribution in [3.8, 4) is 0 Å². The van der Waals surface area contributed by atoms with Crippen molar-refractivity contribution >= 4 is 11.6 Å². The Balaban J connectivity index is 1.90. The minimum atomic E-state index is 0.145. The highest BCUT2D eigenvalue weighted by Gasteiger charge is 2.53. The molecule has 2 saturated carbocycles. The monoisotopic (exact) mass is 319 g/mol. The standard InChI is InChI=1S/C18H26ClN3/c1-3-5-13-22-16(14-8-9-14)20-21-17(22)18(10-11-18)15(4-2)7-6-12-19/h4,6,12,14-15H,2-3,5,7-11,13H2,1H3/b12-6+. The number of aromatic nitrogens is 3. The molecule has 22 heavy (non-hydrogen) atoms. The lowest BCUT2D eigenvalue weighted by Gasteiger charge is -2.23. The van der Waals surface area contributed by atoms with Crippen LogP contribution in [0.2, 0.25) is 0 Å². The van der Waals surface area contributed by atoms with E-state index in [1.807, 2.05) is 6.08 Å². The van der Waals surface area contributed by atoms with Crippen LogP contribution >= 0.6 is 11.6 Å². The molecule has 0 aromatic carbocycles. The van der Waals surface area contributed by atoms with Gasteiger partial charge in [-0.3, -0.25) is 0 Å². The topological polar surface area (TPSA) is 30.7 Å². The molecule has 4 heteroatoms. The normalized spacial score (nSPS) is 21.2. The van der Waals surface area contributed by atoms with Crippen molar-refractivity contribution in [2.45, 2.75) is 69.7 Å². The van der Waals surface area contributed by atoms with Gasteiger partial charge in [0.1, 0.15) is 11.6 Å². The van der Waals surface area contributed by atoms with Gasteiger partial charge in [-0.2, -0.15) is 0 Å². The fraction of sp³-hybridized carbons (Fsp3) is 0.667. The SMILES string of the molecule is C=CC(C/C=C/Cl)C1(c2nnc(C3CC3)n2CCCC)CC1. The summed E-state index contributed by atoms with van der Waals surface area (Å²) in [5.41, 5.74) is 1.76. The van der Waals surface area contributed by atoms with Crippen molar-refractivity contribution in [3.05, 3.63) is 35.9 Å². The van der Waals surface area contributed by atoms with Crippen molar-refractivity contribution in [2.75, 3.05) is 0 Å². The zero-order chi connectivity index (χ0) is 15.6. The van der Waals surface area contributed by atoms with E-state index in [0.29, 0.717) is 11.8 Å². The number of hydrogen-bond acceptors (Lipinski definition) is 2.